The molecule has 0 saturated carbocycles. The number of amides is 5. The maximum absolute atomic E-state index is 13.8. The third-order valence-electron chi connectivity index (χ3n) is 6.92. The fourth-order valence-corrected chi connectivity index (χ4v) is 5.18. The second-order valence-corrected chi connectivity index (χ2v) is 11.3. The van der Waals surface area contributed by atoms with Crippen LogP contribution in [0.1, 0.15) is 38.7 Å². The Balaban J connectivity index is 1.43. The molecule has 1 atom stereocenters. The molecule has 1 saturated heterocycles. The van der Waals surface area contributed by atoms with Gasteiger partial charge in [-0.15, -0.1) is 0 Å². The number of carbonyl (C=O) groups excluding carboxylic acids is 3. The van der Waals surface area contributed by atoms with Crippen LogP contribution in [0.15, 0.2) is 77.9 Å². The molecule has 4 rings (SSSR count). The average Bonchev–Trinajstić information content (AvgIpc) is 3.16. The highest BCUT2D eigenvalue weighted by molar-refractivity contribution is 6.31. The smallest absolute Gasteiger partial charge is 0.315 e. The summed E-state index contributed by atoms with van der Waals surface area (Å²) in [5, 5.41) is 19.0. The van der Waals surface area contributed by atoms with E-state index in [0.29, 0.717) is 44.9 Å². The van der Waals surface area contributed by atoms with Crippen LogP contribution in [0.5, 0.6) is 0 Å². The lowest BCUT2D eigenvalue weighted by molar-refractivity contribution is -0.121. The normalized spacial score (nSPS) is 16.0. The minimum Gasteiger partial charge on any atom is -0.315 e. The standard InChI is InChI=1S/C30H31Cl2FN6O4/c1-30(2)27(39(43)28(41)35-24-9-5-7-21(31)17-24)38(25-10-6-8-22(32)18-25)29(42)37(30)16-4-3-11-26(40)36-34-19-20-12-14-23(33)15-13-20/h5-10,12-15,17-19,27,43H,3-4,11,16H2,1-2H3,(H,35,41)(H,36,40)/b34-19+/t27-/m1/s1. The lowest BCUT2D eigenvalue weighted by atomic mass is 9.99. The van der Waals surface area contributed by atoms with Crippen LogP contribution >= 0.6 is 23.2 Å². The second-order valence-electron chi connectivity index (χ2n) is 10.4. The first-order chi connectivity index (χ1) is 20.5. The number of hydrogen-bond acceptors (Lipinski definition) is 5. The third-order valence-corrected chi connectivity index (χ3v) is 7.39. The Labute approximate surface area is 258 Å². The molecule has 10 nitrogen and oxygen atoms in total. The van der Waals surface area contributed by atoms with Gasteiger partial charge in [-0.05, 0) is 80.8 Å². The number of unbranched alkanes of at least 4 members (excludes halogenated alkanes) is 1. The average molecular weight is 630 g/mol. The van der Waals surface area contributed by atoms with E-state index < -0.39 is 23.8 Å². The molecule has 0 spiro atoms. The maximum atomic E-state index is 13.8. The van der Waals surface area contributed by atoms with Crippen LogP contribution in [0.4, 0.5) is 25.4 Å². The summed E-state index contributed by atoms with van der Waals surface area (Å²) in [5.41, 5.74) is 2.76. The molecule has 3 N–H and O–H groups in total. The number of hydrazone groups is 1. The van der Waals surface area contributed by atoms with Gasteiger partial charge in [-0.25, -0.2) is 19.4 Å². The minimum absolute atomic E-state index is 0.152. The predicted octanol–water partition coefficient (Wildman–Crippen LogP) is 6.72. The molecule has 0 aliphatic carbocycles. The van der Waals surface area contributed by atoms with Crippen LogP contribution in [-0.2, 0) is 4.79 Å². The lowest BCUT2D eigenvalue weighted by Gasteiger charge is -2.38. The number of anilines is 2. The fourth-order valence-electron chi connectivity index (χ4n) is 4.80. The molecule has 43 heavy (non-hydrogen) atoms. The first-order valence-corrected chi connectivity index (χ1v) is 14.2. The van der Waals surface area contributed by atoms with Gasteiger partial charge < -0.3 is 10.2 Å². The van der Waals surface area contributed by atoms with Crippen molar-refractivity contribution in [3.63, 3.8) is 0 Å². The van der Waals surface area contributed by atoms with Crippen molar-refractivity contribution in [2.75, 3.05) is 16.8 Å². The first kappa shape index (κ1) is 31.7. The minimum atomic E-state index is -1.14. The molecule has 1 heterocycles. The molecule has 0 bridgehead atoms. The van der Waals surface area contributed by atoms with E-state index in [0.717, 1.165) is 0 Å². The Morgan fingerprint density at radius 3 is 2.40 bits per heavy atom. The Hall–Kier alpha value is -4.19. The van der Waals surface area contributed by atoms with E-state index in [2.05, 4.69) is 15.8 Å². The summed E-state index contributed by atoms with van der Waals surface area (Å²) in [6.45, 7) is 3.73. The van der Waals surface area contributed by atoms with Gasteiger partial charge in [0.05, 0.1) is 11.8 Å². The van der Waals surface area contributed by atoms with Crippen molar-refractivity contribution in [2.24, 2.45) is 5.10 Å². The zero-order valence-corrected chi connectivity index (χ0v) is 25.0. The molecule has 226 valence electrons. The Morgan fingerprint density at radius 1 is 1.05 bits per heavy atom. The number of halogens is 3. The number of benzene rings is 3. The van der Waals surface area contributed by atoms with Gasteiger partial charge in [0, 0.05) is 34.4 Å². The van der Waals surface area contributed by atoms with E-state index in [-0.39, 0.29) is 24.7 Å². The topological polar surface area (TPSA) is 118 Å². The molecule has 1 aliphatic rings. The van der Waals surface area contributed by atoms with Gasteiger partial charge in [-0.1, -0.05) is 47.5 Å². The van der Waals surface area contributed by atoms with Gasteiger partial charge in [0.25, 0.3) is 0 Å². The largest absolute Gasteiger partial charge is 0.347 e. The SMILES string of the molecule is CC1(C)[C@@H](N(O)C(=O)Nc2cccc(Cl)c2)N(c2cccc(Cl)c2)C(=O)N1CCCCC(=O)N/N=C/c1ccc(F)cc1. The molecule has 0 aromatic heterocycles. The number of nitrogens with zero attached hydrogens (tertiary/aromatic N) is 4. The zero-order valence-electron chi connectivity index (χ0n) is 23.5. The van der Waals surface area contributed by atoms with Crippen LogP contribution in [0.25, 0.3) is 0 Å². The van der Waals surface area contributed by atoms with Gasteiger partial charge in [0.1, 0.15) is 5.82 Å². The number of hydrogen-bond donors (Lipinski definition) is 3. The molecule has 3 aromatic rings. The summed E-state index contributed by atoms with van der Waals surface area (Å²) >= 11 is 12.2. The Kier molecular flexibility index (Phi) is 10.2. The van der Waals surface area contributed by atoms with Gasteiger partial charge in [0.2, 0.25) is 5.91 Å². The Morgan fingerprint density at radius 2 is 1.72 bits per heavy atom. The van der Waals surface area contributed by atoms with Gasteiger partial charge >= 0.3 is 12.1 Å². The monoisotopic (exact) mass is 628 g/mol. The van der Waals surface area contributed by atoms with E-state index in [9.17, 15) is 24.0 Å². The van der Waals surface area contributed by atoms with Crippen molar-refractivity contribution < 1.29 is 24.0 Å². The van der Waals surface area contributed by atoms with Gasteiger partial charge in [-0.3, -0.25) is 14.9 Å². The Bertz CT molecular complexity index is 1500. The molecule has 0 unspecified atom stereocenters. The molecule has 0 radical (unpaired) electrons. The van der Waals surface area contributed by atoms with Crippen molar-refractivity contribution in [1.29, 1.82) is 0 Å². The van der Waals surface area contributed by atoms with Crippen molar-refractivity contribution in [3.8, 4) is 0 Å². The highest BCUT2D eigenvalue weighted by atomic mass is 35.5. The zero-order chi connectivity index (χ0) is 31.1. The molecular formula is C30H31Cl2FN6O4. The number of carbonyl (C=O) groups is 3. The van der Waals surface area contributed by atoms with Crippen LogP contribution in [-0.4, -0.2) is 57.6 Å². The molecular weight excluding hydrogens is 598 g/mol. The van der Waals surface area contributed by atoms with Crippen LogP contribution in [0, 0.1) is 5.82 Å². The summed E-state index contributed by atoms with van der Waals surface area (Å²) in [6, 6.07) is 17.4. The van der Waals surface area contributed by atoms with E-state index in [1.54, 1.807) is 61.2 Å². The molecule has 1 aliphatic heterocycles. The van der Waals surface area contributed by atoms with Gasteiger partial charge in [-0.2, -0.15) is 10.2 Å². The highest BCUT2D eigenvalue weighted by Crippen LogP contribution is 2.39. The number of hydroxylamine groups is 2. The maximum Gasteiger partial charge on any atom is 0.347 e. The number of nitrogens with one attached hydrogen (secondary N) is 2. The van der Waals surface area contributed by atoms with Gasteiger partial charge in [0.15, 0.2) is 6.17 Å². The van der Waals surface area contributed by atoms with Crippen molar-refractivity contribution in [1.82, 2.24) is 15.4 Å². The predicted molar refractivity (Wildman–Crippen MR) is 164 cm³/mol. The summed E-state index contributed by atoms with van der Waals surface area (Å²) < 4.78 is 13.0. The number of urea groups is 2. The van der Waals surface area contributed by atoms with Crippen molar-refractivity contribution in [3.05, 3.63) is 94.2 Å². The van der Waals surface area contributed by atoms with E-state index >= 15 is 0 Å². The summed E-state index contributed by atoms with van der Waals surface area (Å²) in [6.07, 6.45) is 1.33. The third kappa shape index (κ3) is 7.81. The summed E-state index contributed by atoms with van der Waals surface area (Å²) in [7, 11) is 0. The van der Waals surface area contributed by atoms with E-state index in [4.69, 9.17) is 23.2 Å². The molecule has 3 aromatic carbocycles. The molecule has 13 heteroatoms. The second kappa shape index (κ2) is 13.9. The number of rotatable bonds is 10. The highest BCUT2D eigenvalue weighted by Gasteiger charge is 2.55. The first-order valence-electron chi connectivity index (χ1n) is 13.5. The quantitative estimate of drug-likeness (QED) is 0.0999. The summed E-state index contributed by atoms with van der Waals surface area (Å²) in [5.74, 6) is -0.682. The lowest BCUT2D eigenvalue weighted by Crippen LogP contribution is -2.58. The van der Waals surface area contributed by atoms with Crippen LogP contribution < -0.4 is 15.6 Å². The fraction of sp³-hybridized carbons (Fsp3) is 0.267. The van der Waals surface area contributed by atoms with Crippen LogP contribution in [0.2, 0.25) is 10.0 Å². The van der Waals surface area contributed by atoms with Crippen LogP contribution in [0.3, 0.4) is 0 Å². The van der Waals surface area contributed by atoms with Crippen molar-refractivity contribution in [2.45, 2.75) is 44.8 Å². The van der Waals surface area contributed by atoms with E-state index in [1.165, 1.54) is 41.4 Å². The molecule has 5 amide bonds. The van der Waals surface area contributed by atoms with E-state index in [1.807, 2.05) is 0 Å². The molecule has 1 fully saturated rings. The van der Waals surface area contributed by atoms with Crippen molar-refractivity contribution >= 4 is 58.8 Å². The summed E-state index contributed by atoms with van der Waals surface area (Å²) in [4.78, 5) is 42.1.